The van der Waals surface area contributed by atoms with E-state index in [0.717, 1.165) is 6.07 Å². The number of carbonyl (C=O) groups is 2. The number of hydrogen-bond donors (Lipinski definition) is 2. The molecular formula is C18H10N2O7. The van der Waals surface area contributed by atoms with Crippen LogP contribution in [0.2, 0.25) is 0 Å². The van der Waals surface area contributed by atoms with Gasteiger partial charge in [0.2, 0.25) is 5.43 Å². The number of nitrogens with zero attached hydrogens (tertiary/aromatic N) is 2. The van der Waals surface area contributed by atoms with Crippen LogP contribution < -0.4 is 10.2 Å². The maximum Gasteiger partial charge on any atom is 0.354 e. The molecule has 4 rings (SSSR count). The van der Waals surface area contributed by atoms with Gasteiger partial charge in [-0.25, -0.2) is 19.6 Å². The monoisotopic (exact) mass is 366 g/mol. The fourth-order valence-electron chi connectivity index (χ4n) is 2.83. The van der Waals surface area contributed by atoms with Crippen molar-refractivity contribution in [3.8, 4) is 17.2 Å². The largest absolute Gasteiger partial charge is 0.496 e. The first kappa shape index (κ1) is 16.5. The zero-order valence-corrected chi connectivity index (χ0v) is 13.7. The summed E-state index contributed by atoms with van der Waals surface area (Å²) >= 11 is 0. The van der Waals surface area contributed by atoms with Gasteiger partial charge in [0.05, 0.1) is 18.1 Å². The second kappa shape index (κ2) is 5.77. The molecular weight excluding hydrogens is 356 g/mol. The highest BCUT2D eigenvalue weighted by atomic mass is 16.5. The van der Waals surface area contributed by atoms with Gasteiger partial charge in [0.25, 0.3) is 0 Å². The molecule has 0 fully saturated rings. The number of carboxylic acids is 2. The van der Waals surface area contributed by atoms with Crippen LogP contribution in [0.5, 0.6) is 5.75 Å². The quantitative estimate of drug-likeness (QED) is 0.412. The van der Waals surface area contributed by atoms with Gasteiger partial charge >= 0.3 is 11.9 Å². The van der Waals surface area contributed by atoms with E-state index in [4.69, 9.17) is 14.3 Å². The number of benzene rings is 2. The standard InChI is InChI=1S/C18H10N2O7/c1-26-12-5-9(18(24)25)20-15-10(21)6-13-16(14(12)15)19-8-3-2-7(17(22)23)4-11(8)27-13/h2-6H,1H3,(H,22,23)(H,24,25). The third-order valence-corrected chi connectivity index (χ3v) is 4.05. The lowest BCUT2D eigenvalue weighted by Gasteiger charge is -2.12. The van der Waals surface area contributed by atoms with Crippen LogP contribution in [0.1, 0.15) is 20.8 Å². The lowest BCUT2D eigenvalue weighted by Crippen LogP contribution is -2.11. The summed E-state index contributed by atoms with van der Waals surface area (Å²) in [6, 6.07) is 6.49. The first-order valence-corrected chi connectivity index (χ1v) is 7.62. The van der Waals surface area contributed by atoms with Gasteiger partial charge in [-0.3, -0.25) is 4.79 Å². The Morgan fingerprint density at radius 1 is 1.07 bits per heavy atom. The molecule has 2 aliphatic rings. The number of aromatic nitrogens is 2. The Bertz CT molecular complexity index is 1290. The fraction of sp³-hybridized carbons (Fsp3) is 0.0556. The molecule has 0 saturated carbocycles. The first-order valence-electron chi connectivity index (χ1n) is 7.62. The molecule has 0 radical (unpaired) electrons. The van der Waals surface area contributed by atoms with E-state index in [9.17, 15) is 19.5 Å². The van der Waals surface area contributed by atoms with E-state index in [1.165, 1.54) is 31.4 Å². The molecule has 1 aromatic carbocycles. The van der Waals surface area contributed by atoms with Gasteiger partial charge in [0.15, 0.2) is 17.0 Å². The number of aromatic carboxylic acids is 2. The van der Waals surface area contributed by atoms with Crippen LogP contribution in [0.25, 0.3) is 33.5 Å². The number of ether oxygens (including phenoxy) is 1. The molecule has 9 nitrogen and oxygen atoms in total. The molecule has 27 heavy (non-hydrogen) atoms. The number of carboxylic acid groups (broad SMARTS) is 2. The normalized spacial score (nSPS) is 11.1. The van der Waals surface area contributed by atoms with Gasteiger partial charge in [-0.15, -0.1) is 0 Å². The molecule has 134 valence electrons. The maximum atomic E-state index is 12.5. The van der Waals surface area contributed by atoms with Gasteiger partial charge in [-0.2, -0.15) is 0 Å². The number of pyridine rings is 1. The lowest BCUT2D eigenvalue weighted by atomic mass is 10.1. The van der Waals surface area contributed by atoms with E-state index in [1.807, 2.05) is 0 Å². The van der Waals surface area contributed by atoms with Gasteiger partial charge in [-0.1, -0.05) is 0 Å². The molecule has 1 aliphatic heterocycles. The minimum atomic E-state index is -1.30. The molecule has 2 aromatic rings. The molecule has 0 spiro atoms. The lowest BCUT2D eigenvalue weighted by molar-refractivity contribution is 0.0682. The fourth-order valence-corrected chi connectivity index (χ4v) is 2.83. The van der Waals surface area contributed by atoms with Crippen molar-refractivity contribution in [1.29, 1.82) is 0 Å². The summed E-state index contributed by atoms with van der Waals surface area (Å²) in [4.78, 5) is 43.2. The van der Waals surface area contributed by atoms with E-state index < -0.39 is 17.4 Å². The Morgan fingerprint density at radius 3 is 2.52 bits per heavy atom. The van der Waals surface area contributed by atoms with Crippen molar-refractivity contribution < 1.29 is 29.0 Å². The maximum absolute atomic E-state index is 12.5. The highest BCUT2D eigenvalue weighted by Gasteiger charge is 2.22. The predicted octanol–water partition coefficient (Wildman–Crippen LogP) is 2.25. The highest BCUT2D eigenvalue weighted by molar-refractivity contribution is 6.01. The predicted molar refractivity (Wildman–Crippen MR) is 92.7 cm³/mol. The molecule has 0 unspecified atom stereocenters. The van der Waals surface area contributed by atoms with E-state index in [0.29, 0.717) is 5.52 Å². The number of hydrogen-bond acceptors (Lipinski definition) is 7. The van der Waals surface area contributed by atoms with Crippen molar-refractivity contribution in [2.45, 2.75) is 0 Å². The summed E-state index contributed by atoms with van der Waals surface area (Å²) in [6.45, 7) is 0. The average Bonchev–Trinajstić information content (AvgIpc) is 2.65. The molecule has 9 heteroatoms. The summed E-state index contributed by atoms with van der Waals surface area (Å²) in [5.41, 5.74) is -0.198. The second-order valence-corrected chi connectivity index (χ2v) is 5.66. The topological polar surface area (TPSA) is 140 Å². The molecule has 1 aromatic heterocycles. The van der Waals surface area contributed by atoms with Gasteiger partial charge in [-0.05, 0) is 18.2 Å². The molecule has 2 N–H and O–H groups in total. The number of methoxy groups -OCH3 is 1. The minimum absolute atomic E-state index is 0.0147. The molecule has 1 aliphatic carbocycles. The van der Waals surface area contributed by atoms with E-state index in [-0.39, 0.29) is 44.9 Å². The zero-order chi connectivity index (χ0) is 19.3. The van der Waals surface area contributed by atoms with Gasteiger partial charge < -0.3 is 19.4 Å². The smallest absolute Gasteiger partial charge is 0.354 e. The van der Waals surface area contributed by atoms with E-state index in [1.54, 1.807) is 0 Å². The minimum Gasteiger partial charge on any atom is -0.496 e. The summed E-state index contributed by atoms with van der Waals surface area (Å²) in [7, 11) is 1.33. The second-order valence-electron chi connectivity index (χ2n) is 5.66. The Hall–Kier alpha value is -4.01. The molecule has 2 heterocycles. The molecule has 0 amide bonds. The summed E-state index contributed by atoms with van der Waals surface area (Å²) < 4.78 is 10.9. The van der Waals surface area contributed by atoms with Crippen LogP contribution in [-0.4, -0.2) is 39.2 Å². The van der Waals surface area contributed by atoms with Crippen LogP contribution in [0.4, 0.5) is 0 Å². The van der Waals surface area contributed by atoms with Gasteiger partial charge in [0.1, 0.15) is 22.5 Å². The van der Waals surface area contributed by atoms with Crippen molar-refractivity contribution >= 4 is 33.9 Å². The number of fused-ring (bicyclic) bond motifs is 4. The van der Waals surface area contributed by atoms with Gasteiger partial charge in [0, 0.05) is 12.1 Å². The Morgan fingerprint density at radius 2 is 1.85 bits per heavy atom. The first-order chi connectivity index (χ1) is 12.9. The van der Waals surface area contributed by atoms with Crippen molar-refractivity contribution in [3.05, 3.63) is 51.8 Å². The SMILES string of the molecule is COc1cc(C(=O)O)nc2c(=O)cc3oc4cc(C(=O)O)ccc4nc-3c12. The van der Waals surface area contributed by atoms with Crippen LogP contribution >= 0.6 is 0 Å². The van der Waals surface area contributed by atoms with E-state index >= 15 is 0 Å². The van der Waals surface area contributed by atoms with Crippen LogP contribution in [0, 0.1) is 0 Å². The summed E-state index contributed by atoms with van der Waals surface area (Å²) in [6.07, 6.45) is 0. The third kappa shape index (κ3) is 2.53. The third-order valence-electron chi connectivity index (χ3n) is 4.05. The van der Waals surface area contributed by atoms with E-state index in [2.05, 4.69) is 9.97 Å². The molecule has 0 bridgehead atoms. The van der Waals surface area contributed by atoms with Crippen molar-refractivity contribution in [3.63, 3.8) is 0 Å². The summed E-state index contributed by atoms with van der Waals surface area (Å²) in [5.74, 6) is -2.20. The Labute approximate surface area is 149 Å². The van der Waals surface area contributed by atoms with Crippen LogP contribution in [-0.2, 0) is 0 Å². The molecule has 0 atom stereocenters. The Kier molecular flexibility index (Phi) is 3.51. The van der Waals surface area contributed by atoms with Crippen molar-refractivity contribution in [1.82, 2.24) is 9.97 Å². The van der Waals surface area contributed by atoms with Crippen molar-refractivity contribution in [2.75, 3.05) is 7.11 Å². The highest BCUT2D eigenvalue weighted by Crippen LogP contribution is 2.35. The Balaban J connectivity index is 2.15. The molecule has 0 saturated heterocycles. The van der Waals surface area contributed by atoms with Crippen LogP contribution in [0.15, 0.2) is 39.5 Å². The summed E-state index contributed by atoms with van der Waals surface area (Å²) in [5, 5.41) is 18.5. The van der Waals surface area contributed by atoms with Crippen molar-refractivity contribution in [2.24, 2.45) is 0 Å². The average molecular weight is 366 g/mol. The van der Waals surface area contributed by atoms with Crippen LogP contribution in [0.3, 0.4) is 0 Å². The number of rotatable bonds is 3. The zero-order valence-electron chi connectivity index (χ0n) is 13.7.